The highest BCUT2D eigenvalue weighted by Gasteiger charge is 2.26. The van der Waals surface area contributed by atoms with E-state index in [-0.39, 0.29) is 5.92 Å². The van der Waals surface area contributed by atoms with E-state index in [0.29, 0.717) is 11.0 Å². The molecule has 3 aromatic carbocycles. The van der Waals surface area contributed by atoms with Crippen molar-refractivity contribution in [2.75, 3.05) is 7.11 Å². The van der Waals surface area contributed by atoms with E-state index in [1.165, 1.54) is 11.8 Å². The van der Waals surface area contributed by atoms with Crippen LogP contribution in [0.25, 0.3) is 17.1 Å². The van der Waals surface area contributed by atoms with Crippen LogP contribution in [0.4, 0.5) is 0 Å². The lowest BCUT2D eigenvalue weighted by molar-refractivity contribution is -0.117. The third-order valence-corrected chi connectivity index (χ3v) is 6.58. The van der Waals surface area contributed by atoms with Gasteiger partial charge in [-0.15, -0.1) is 10.2 Å². The lowest BCUT2D eigenvalue weighted by Gasteiger charge is -2.19. The molecule has 33 heavy (non-hydrogen) atoms. The van der Waals surface area contributed by atoms with Crippen LogP contribution >= 0.6 is 11.8 Å². The summed E-state index contributed by atoms with van der Waals surface area (Å²) in [6, 6.07) is 25.4. The fourth-order valence-corrected chi connectivity index (χ4v) is 4.69. The van der Waals surface area contributed by atoms with Crippen LogP contribution in [0.1, 0.15) is 36.1 Å². The summed E-state index contributed by atoms with van der Waals surface area (Å²) in [5.74, 6) is 1.31. The lowest BCUT2D eigenvalue weighted by Crippen LogP contribution is -2.19. The summed E-state index contributed by atoms with van der Waals surface area (Å²) in [6.07, 6.45) is 0. The van der Waals surface area contributed by atoms with Gasteiger partial charge in [-0.05, 0) is 47.4 Å². The minimum Gasteiger partial charge on any atom is -0.497 e. The van der Waals surface area contributed by atoms with Crippen LogP contribution in [-0.2, 0) is 4.79 Å². The molecule has 0 bridgehead atoms. The van der Waals surface area contributed by atoms with Crippen molar-refractivity contribution >= 4 is 17.7 Å². The highest BCUT2D eigenvalue weighted by molar-refractivity contribution is 8.00. The average molecular weight is 459 g/mol. The van der Waals surface area contributed by atoms with Crippen LogP contribution in [0.2, 0.25) is 0 Å². The normalized spacial score (nSPS) is 12.0. The number of hydrogen-bond donors (Lipinski definition) is 1. The van der Waals surface area contributed by atoms with Gasteiger partial charge in [0.25, 0.3) is 0 Å². The number of aromatic nitrogens is 3. The second kappa shape index (κ2) is 9.92. The number of rotatable bonds is 8. The smallest absolute Gasteiger partial charge is 0.235 e. The molecular weight excluding hydrogens is 432 g/mol. The van der Waals surface area contributed by atoms with Crippen LogP contribution in [0, 0.1) is 0 Å². The van der Waals surface area contributed by atoms with E-state index in [9.17, 15) is 4.79 Å². The number of amides is 1. The summed E-state index contributed by atoms with van der Waals surface area (Å²) >= 11 is 1.31. The molecule has 1 unspecified atom stereocenters. The van der Waals surface area contributed by atoms with E-state index >= 15 is 0 Å². The van der Waals surface area contributed by atoms with Crippen LogP contribution in [0.5, 0.6) is 5.75 Å². The molecule has 1 amide bonds. The highest BCUT2D eigenvalue weighted by Crippen LogP contribution is 2.38. The molecule has 6 nitrogen and oxygen atoms in total. The van der Waals surface area contributed by atoms with Crippen molar-refractivity contribution in [3.63, 3.8) is 0 Å². The molecule has 4 aromatic rings. The van der Waals surface area contributed by atoms with E-state index in [4.69, 9.17) is 10.5 Å². The Morgan fingerprint density at radius 3 is 2.24 bits per heavy atom. The van der Waals surface area contributed by atoms with Gasteiger partial charge in [0, 0.05) is 5.56 Å². The Labute approximate surface area is 197 Å². The molecular formula is C26H26N4O2S. The maximum absolute atomic E-state index is 12.4. The Bertz CT molecular complexity index is 1240. The Morgan fingerprint density at radius 1 is 0.939 bits per heavy atom. The molecule has 2 N–H and O–H groups in total. The Kier molecular flexibility index (Phi) is 6.79. The van der Waals surface area contributed by atoms with Gasteiger partial charge in [0.1, 0.15) is 11.0 Å². The van der Waals surface area contributed by atoms with Gasteiger partial charge in [-0.1, -0.05) is 74.1 Å². The number of nitrogens with zero attached hydrogens (tertiary/aromatic N) is 3. The number of nitrogens with two attached hydrogens (primary N) is 1. The van der Waals surface area contributed by atoms with Crippen molar-refractivity contribution in [1.82, 2.24) is 14.8 Å². The van der Waals surface area contributed by atoms with Gasteiger partial charge >= 0.3 is 0 Å². The van der Waals surface area contributed by atoms with E-state index in [1.54, 1.807) is 7.11 Å². The zero-order valence-electron chi connectivity index (χ0n) is 18.8. The number of methoxy groups -OCH3 is 1. The summed E-state index contributed by atoms with van der Waals surface area (Å²) in [6.45, 7) is 4.30. The number of benzene rings is 3. The molecule has 0 saturated heterocycles. The summed E-state index contributed by atoms with van der Waals surface area (Å²) in [5, 5.41) is 9.03. The Morgan fingerprint density at radius 2 is 1.61 bits per heavy atom. The molecule has 0 aliphatic carbocycles. The lowest BCUT2D eigenvalue weighted by atomic mass is 10.0. The number of primary amides is 1. The Hall–Kier alpha value is -3.58. The van der Waals surface area contributed by atoms with Crippen LogP contribution in [-0.4, -0.2) is 27.8 Å². The molecule has 1 aromatic heterocycles. The summed E-state index contributed by atoms with van der Waals surface area (Å²) < 4.78 is 7.32. The second-order valence-corrected chi connectivity index (χ2v) is 8.97. The van der Waals surface area contributed by atoms with E-state index in [0.717, 1.165) is 28.1 Å². The monoisotopic (exact) mass is 458 g/mol. The van der Waals surface area contributed by atoms with Gasteiger partial charge in [-0.2, -0.15) is 0 Å². The molecule has 1 atom stereocenters. The standard InChI is InChI=1S/C26H26N4O2S/c1-17(2)21-11-7-8-12-22(21)30-25(19-13-15-20(32-3)16-14-19)28-29-26(30)33-23(24(27)31)18-9-5-4-6-10-18/h4-17,23H,1-3H3,(H2,27,31). The SMILES string of the molecule is COc1ccc(-c2nnc(SC(C(N)=O)c3ccccc3)n2-c2ccccc2C(C)C)cc1. The molecule has 0 fully saturated rings. The van der Waals surface area contributed by atoms with Crippen molar-refractivity contribution in [2.45, 2.75) is 30.2 Å². The summed E-state index contributed by atoms with van der Waals surface area (Å²) in [5.41, 5.74) is 9.65. The minimum absolute atomic E-state index is 0.284. The highest BCUT2D eigenvalue weighted by atomic mass is 32.2. The first kappa shape index (κ1) is 22.6. The number of para-hydroxylation sites is 1. The topological polar surface area (TPSA) is 83.0 Å². The van der Waals surface area contributed by atoms with E-state index in [2.05, 4.69) is 36.2 Å². The zero-order valence-corrected chi connectivity index (χ0v) is 19.6. The predicted molar refractivity (Wildman–Crippen MR) is 132 cm³/mol. The molecule has 7 heteroatoms. The van der Waals surface area contributed by atoms with Crippen molar-refractivity contribution < 1.29 is 9.53 Å². The second-order valence-electron chi connectivity index (χ2n) is 7.89. The van der Waals surface area contributed by atoms with Crippen molar-refractivity contribution in [1.29, 1.82) is 0 Å². The number of carbonyl (C=O) groups is 1. The minimum atomic E-state index is -0.593. The average Bonchev–Trinajstić information content (AvgIpc) is 3.26. The largest absolute Gasteiger partial charge is 0.497 e. The third-order valence-electron chi connectivity index (χ3n) is 5.37. The predicted octanol–water partition coefficient (Wildman–Crippen LogP) is 5.39. The fourth-order valence-electron chi connectivity index (χ4n) is 3.69. The van der Waals surface area contributed by atoms with Gasteiger partial charge in [0.15, 0.2) is 11.0 Å². The molecule has 0 spiro atoms. The van der Waals surface area contributed by atoms with Gasteiger partial charge < -0.3 is 10.5 Å². The van der Waals surface area contributed by atoms with Crippen LogP contribution < -0.4 is 10.5 Å². The van der Waals surface area contributed by atoms with Crippen molar-refractivity contribution in [3.05, 3.63) is 90.0 Å². The number of hydrogen-bond acceptors (Lipinski definition) is 5. The molecule has 0 aliphatic heterocycles. The zero-order chi connectivity index (χ0) is 23.4. The van der Waals surface area contributed by atoms with Gasteiger partial charge in [-0.3, -0.25) is 9.36 Å². The van der Waals surface area contributed by atoms with E-state index in [1.807, 2.05) is 71.3 Å². The number of ether oxygens (including phenoxy) is 1. The summed E-state index contributed by atoms with van der Waals surface area (Å²) in [7, 11) is 1.64. The summed E-state index contributed by atoms with van der Waals surface area (Å²) in [4.78, 5) is 12.4. The maximum Gasteiger partial charge on any atom is 0.235 e. The van der Waals surface area contributed by atoms with Crippen LogP contribution in [0.15, 0.2) is 84.0 Å². The first-order chi connectivity index (χ1) is 16.0. The van der Waals surface area contributed by atoms with Crippen LogP contribution in [0.3, 0.4) is 0 Å². The van der Waals surface area contributed by atoms with Gasteiger partial charge in [0.2, 0.25) is 5.91 Å². The van der Waals surface area contributed by atoms with Crippen molar-refractivity contribution in [3.8, 4) is 22.8 Å². The molecule has 0 saturated carbocycles. The van der Waals surface area contributed by atoms with Gasteiger partial charge in [-0.25, -0.2) is 0 Å². The molecule has 0 aliphatic rings. The molecule has 0 radical (unpaired) electrons. The number of thioether (sulfide) groups is 1. The third kappa shape index (κ3) is 4.78. The van der Waals surface area contributed by atoms with E-state index < -0.39 is 11.2 Å². The number of carbonyl (C=O) groups excluding carboxylic acids is 1. The first-order valence-corrected chi connectivity index (χ1v) is 11.6. The molecule has 4 rings (SSSR count). The maximum atomic E-state index is 12.4. The quantitative estimate of drug-likeness (QED) is 0.358. The molecule has 168 valence electrons. The van der Waals surface area contributed by atoms with Gasteiger partial charge in [0.05, 0.1) is 12.8 Å². The van der Waals surface area contributed by atoms with Crippen molar-refractivity contribution in [2.24, 2.45) is 5.73 Å². The Balaban J connectivity index is 1.87. The molecule has 1 heterocycles. The first-order valence-electron chi connectivity index (χ1n) is 10.7. The fraction of sp³-hybridized carbons (Fsp3) is 0.192.